The van der Waals surface area contributed by atoms with Crippen LogP contribution in [0.3, 0.4) is 0 Å². The molecular formula is C17H24F3N. The molecule has 0 spiro atoms. The molecule has 1 atom stereocenters. The number of nitrogens with one attached hydrogen (secondary N) is 1. The molecular weight excluding hydrogens is 275 g/mol. The Morgan fingerprint density at radius 3 is 2.62 bits per heavy atom. The molecule has 1 N–H and O–H groups in total. The fourth-order valence-corrected chi connectivity index (χ4v) is 2.88. The van der Waals surface area contributed by atoms with Crippen LogP contribution in [0.2, 0.25) is 0 Å². The molecule has 1 unspecified atom stereocenters. The molecule has 0 heterocycles. The Hall–Kier alpha value is -1.03. The lowest BCUT2D eigenvalue weighted by atomic mass is 9.80. The van der Waals surface area contributed by atoms with Crippen LogP contribution in [0.4, 0.5) is 13.2 Å². The van der Waals surface area contributed by atoms with Crippen LogP contribution in [-0.4, -0.2) is 12.6 Å². The summed E-state index contributed by atoms with van der Waals surface area (Å²) in [7, 11) is 0. The van der Waals surface area contributed by atoms with E-state index in [1.165, 1.54) is 31.4 Å². The minimum Gasteiger partial charge on any atom is -0.314 e. The van der Waals surface area contributed by atoms with Crippen molar-refractivity contribution in [2.24, 2.45) is 5.92 Å². The van der Waals surface area contributed by atoms with Crippen molar-refractivity contribution in [3.8, 4) is 0 Å². The van der Waals surface area contributed by atoms with Gasteiger partial charge in [-0.25, -0.2) is 0 Å². The number of rotatable bonds is 7. The minimum absolute atomic E-state index is 0.290. The summed E-state index contributed by atoms with van der Waals surface area (Å²) < 4.78 is 38.3. The highest BCUT2D eigenvalue weighted by atomic mass is 19.4. The van der Waals surface area contributed by atoms with Crippen LogP contribution >= 0.6 is 0 Å². The van der Waals surface area contributed by atoms with Crippen molar-refractivity contribution < 1.29 is 13.2 Å². The molecule has 0 bridgehead atoms. The van der Waals surface area contributed by atoms with Crippen molar-refractivity contribution >= 4 is 0 Å². The molecule has 0 radical (unpaired) electrons. The highest BCUT2D eigenvalue weighted by molar-refractivity contribution is 5.26. The molecule has 1 aromatic carbocycles. The van der Waals surface area contributed by atoms with Crippen LogP contribution in [0.1, 0.15) is 50.2 Å². The molecule has 0 amide bonds. The van der Waals surface area contributed by atoms with E-state index in [0.717, 1.165) is 36.9 Å². The summed E-state index contributed by atoms with van der Waals surface area (Å²) in [6.07, 6.45) is 2.39. The minimum atomic E-state index is -4.25. The Labute approximate surface area is 124 Å². The van der Waals surface area contributed by atoms with Crippen LogP contribution in [0.15, 0.2) is 24.3 Å². The van der Waals surface area contributed by atoms with E-state index in [4.69, 9.17) is 0 Å². The number of hydrogen-bond donors (Lipinski definition) is 1. The van der Waals surface area contributed by atoms with Crippen molar-refractivity contribution in [1.29, 1.82) is 0 Å². The van der Waals surface area contributed by atoms with Gasteiger partial charge in [-0.2, -0.15) is 13.2 Å². The molecule has 118 valence electrons. The highest BCUT2D eigenvalue weighted by Crippen LogP contribution is 2.32. The number of alkyl halides is 3. The fourth-order valence-electron chi connectivity index (χ4n) is 2.88. The molecule has 1 aliphatic rings. The van der Waals surface area contributed by atoms with Gasteiger partial charge in [-0.15, -0.1) is 0 Å². The summed E-state index contributed by atoms with van der Waals surface area (Å²) in [6.45, 7) is 3.04. The molecule has 2 rings (SSSR count). The quantitative estimate of drug-likeness (QED) is 0.762. The zero-order chi connectivity index (χ0) is 15.3. The van der Waals surface area contributed by atoms with Crippen LogP contribution in [-0.2, 0) is 12.6 Å². The van der Waals surface area contributed by atoms with Gasteiger partial charge in [0.1, 0.15) is 0 Å². The Morgan fingerprint density at radius 1 is 1.29 bits per heavy atom. The predicted octanol–water partition coefficient (Wildman–Crippen LogP) is 4.81. The molecule has 0 aromatic heterocycles. The monoisotopic (exact) mass is 299 g/mol. The van der Waals surface area contributed by atoms with Gasteiger partial charge < -0.3 is 5.32 Å². The van der Waals surface area contributed by atoms with E-state index < -0.39 is 11.7 Å². The molecule has 4 heteroatoms. The van der Waals surface area contributed by atoms with Crippen LogP contribution < -0.4 is 5.32 Å². The lowest BCUT2D eigenvalue weighted by molar-refractivity contribution is -0.137. The first-order valence-electron chi connectivity index (χ1n) is 7.88. The maximum atomic E-state index is 12.8. The normalized spacial score (nSPS) is 17.5. The van der Waals surface area contributed by atoms with Crippen molar-refractivity contribution in [2.75, 3.05) is 6.54 Å². The van der Waals surface area contributed by atoms with Gasteiger partial charge in [0.05, 0.1) is 5.56 Å². The van der Waals surface area contributed by atoms with E-state index in [0.29, 0.717) is 12.5 Å². The van der Waals surface area contributed by atoms with Gasteiger partial charge in [0.25, 0.3) is 0 Å². The van der Waals surface area contributed by atoms with Crippen LogP contribution in [0.25, 0.3) is 0 Å². The Bertz CT molecular complexity index is 438. The topological polar surface area (TPSA) is 12.0 Å². The third-order valence-corrected chi connectivity index (χ3v) is 4.26. The van der Waals surface area contributed by atoms with Crippen molar-refractivity contribution in [3.63, 3.8) is 0 Å². The third kappa shape index (κ3) is 5.03. The van der Waals surface area contributed by atoms with Crippen molar-refractivity contribution in [1.82, 2.24) is 5.32 Å². The van der Waals surface area contributed by atoms with Gasteiger partial charge in [-0.05, 0) is 43.4 Å². The molecule has 0 saturated heterocycles. The van der Waals surface area contributed by atoms with Crippen LogP contribution in [0.5, 0.6) is 0 Å². The Morgan fingerprint density at radius 2 is 2.05 bits per heavy atom. The number of benzene rings is 1. The molecule has 1 aliphatic carbocycles. The summed E-state index contributed by atoms with van der Waals surface area (Å²) in [4.78, 5) is 0. The second-order valence-corrected chi connectivity index (χ2v) is 6.09. The summed E-state index contributed by atoms with van der Waals surface area (Å²) in [6, 6.07) is 6.04. The van der Waals surface area contributed by atoms with Crippen molar-refractivity contribution in [3.05, 3.63) is 35.4 Å². The first-order chi connectivity index (χ1) is 9.99. The van der Waals surface area contributed by atoms with Gasteiger partial charge in [0.15, 0.2) is 0 Å². The Balaban J connectivity index is 2.00. The summed E-state index contributed by atoms with van der Waals surface area (Å²) in [5.74, 6) is 0.755. The average molecular weight is 299 g/mol. The first-order valence-corrected chi connectivity index (χ1v) is 7.88. The van der Waals surface area contributed by atoms with Gasteiger partial charge in [0, 0.05) is 6.04 Å². The molecule has 1 aromatic rings. The second kappa shape index (κ2) is 7.30. The van der Waals surface area contributed by atoms with E-state index in [9.17, 15) is 13.2 Å². The van der Waals surface area contributed by atoms with E-state index in [1.807, 2.05) is 0 Å². The largest absolute Gasteiger partial charge is 0.416 e. The highest BCUT2D eigenvalue weighted by Gasteiger charge is 2.30. The lowest BCUT2D eigenvalue weighted by Gasteiger charge is -2.30. The van der Waals surface area contributed by atoms with Crippen molar-refractivity contribution in [2.45, 2.75) is 57.7 Å². The average Bonchev–Trinajstić information content (AvgIpc) is 2.39. The first kappa shape index (κ1) is 16.3. The van der Waals surface area contributed by atoms with Gasteiger partial charge in [0.2, 0.25) is 0 Å². The third-order valence-electron chi connectivity index (χ3n) is 4.26. The molecule has 0 aliphatic heterocycles. The SMILES string of the molecule is CCCNC(Cc1cccc(C(F)(F)F)c1)CC1CCC1. The maximum Gasteiger partial charge on any atom is 0.416 e. The number of halogens is 3. The second-order valence-electron chi connectivity index (χ2n) is 6.09. The van der Waals surface area contributed by atoms with E-state index in [1.54, 1.807) is 6.07 Å². The maximum absolute atomic E-state index is 12.8. The number of hydrogen-bond acceptors (Lipinski definition) is 1. The predicted molar refractivity (Wildman–Crippen MR) is 79.2 cm³/mol. The summed E-state index contributed by atoms with van der Waals surface area (Å²) in [5, 5.41) is 3.49. The smallest absolute Gasteiger partial charge is 0.314 e. The molecule has 1 fully saturated rings. The van der Waals surface area contributed by atoms with Gasteiger partial charge in [-0.3, -0.25) is 0 Å². The summed E-state index contributed by atoms with van der Waals surface area (Å²) in [5.41, 5.74) is 0.232. The molecule has 21 heavy (non-hydrogen) atoms. The Kier molecular flexibility index (Phi) is 5.68. The van der Waals surface area contributed by atoms with E-state index >= 15 is 0 Å². The van der Waals surface area contributed by atoms with Gasteiger partial charge in [-0.1, -0.05) is 44.4 Å². The molecule has 1 nitrogen and oxygen atoms in total. The fraction of sp³-hybridized carbons (Fsp3) is 0.647. The van der Waals surface area contributed by atoms with E-state index in [-0.39, 0.29) is 0 Å². The zero-order valence-electron chi connectivity index (χ0n) is 12.5. The lowest BCUT2D eigenvalue weighted by Crippen LogP contribution is -2.35. The van der Waals surface area contributed by atoms with E-state index in [2.05, 4.69) is 12.2 Å². The molecule has 1 saturated carbocycles. The van der Waals surface area contributed by atoms with Crippen LogP contribution in [0, 0.1) is 5.92 Å². The summed E-state index contributed by atoms with van der Waals surface area (Å²) >= 11 is 0. The standard InChI is InChI=1S/C17H24F3N/c1-2-9-21-16(11-13-5-3-6-13)12-14-7-4-8-15(10-14)17(18,19)20/h4,7-8,10,13,16,21H,2-3,5-6,9,11-12H2,1H3. The zero-order valence-corrected chi connectivity index (χ0v) is 12.5. The van der Waals surface area contributed by atoms with Gasteiger partial charge >= 0.3 is 6.18 Å².